The van der Waals surface area contributed by atoms with Crippen molar-refractivity contribution < 1.29 is 13.2 Å². The average molecular weight is 411 g/mol. The van der Waals surface area contributed by atoms with Crippen molar-refractivity contribution in [2.24, 2.45) is 0 Å². The summed E-state index contributed by atoms with van der Waals surface area (Å²) in [6, 6.07) is 14.0. The summed E-state index contributed by atoms with van der Waals surface area (Å²) in [5.41, 5.74) is 1.25. The first kappa shape index (κ1) is 20.5. The van der Waals surface area contributed by atoms with Crippen LogP contribution in [0, 0.1) is 0 Å². The van der Waals surface area contributed by atoms with E-state index in [1.807, 2.05) is 12.1 Å². The lowest BCUT2D eigenvalue weighted by Crippen LogP contribution is -2.25. The highest BCUT2D eigenvalue weighted by Gasteiger charge is 2.10. The van der Waals surface area contributed by atoms with Gasteiger partial charge in [-0.15, -0.1) is 18.3 Å². The molecule has 1 amide bonds. The summed E-state index contributed by atoms with van der Waals surface area (Å²) >= 11 is 7.23. The van der Waals surface area contributed by atoms with Gasteiger partial charge in [-0.05, 0) is 42.0 Å². The lowest BCUT2D eigenvalue weighted by molar-refractivity contribution is -0.113. The maximum absolute atomic E-state index is 12.0. The Morgan fingerprint density at radius 1 is 1.12 bits per heavy atom. The van der Waals surface area contributed by atoms with Crippen LogP contribution in [0.2, 0.25) is 5.02 Å². The van der Waals surface area contributed by atoms with Crippen molar-refractivity contribution in [3.63, 3.8) is 0 Å². The molecule has 2 aromatic rings. The van der Waals surface area contributed by atoms with Crippen LogP contribution >= 0.6 is 23.4 Å². The Hall–Kier alpha value is -1.80. The Morgan fingerprint density at radius 3 is 2.38 bits per heavy atom. The summed E-state index contributed by atoms with van der Waals surface area (Å²) in [7, 11) is -3.40. The van der Waals surface area contributed by atoms with Gasteiger partial charge in [-0.25, -0.2) is 13.1 Å². The highest BCUT2D eigenvalue weighted by molar-refractivity contribution is 8.00. The molecule has 2 N–H and O–H groups in total. The Bertz CT molecular complexity index is 851. The third-order valence-electron chi connectivity index (χ3n) is 3.23. The molecule has 0 aromatic heterocycles. The van der Waals surface area contributed by atoms with E-state index in [2.05, 4.69) is 16.6 Å². The van der Waals surface area contributed by atoms with Crippen LogP contribution in [0.15, 0.2) is 66.1 Å². The Balaban J connectivity index is 1.85. The van der Waals surface area contributed by atoms with Crippen molar-refractivity contribution in [3.8, 4) is 0 Å². The molecule has 2 aromatic carbocycles. The van der Waals surface area contributed by atoms with E-state index in [9.17, 15) is 13.2 Å². The molecule has 8 heteroatoms. The Morgan fingerprint density at radius 2 is 1.77 bits per heavy atom. The van der Waals surface area contributed by atoms with Crippen molar-refractivity contribution in [1.29, 1.82) is 0 Å². The van der Waals surface area contributed by atoms with Crippen LogP contribution in [0.1, 0.15) is 5.56 Å². The molecular formula is C18H19ClN2O3S2. The van der Waals surface area contributed by atoms with E-state index in [1.165, 1.54) is 17.8 Å². The predicted octanol–water partition coefficient (Wildman–Crippen LogP) is 3.68. The second kappa shape index (κ2) is 9.78. The fourth-order valence-corrected chi connectivity index (χ4v) is 3.95. The second-order valence-electron chi connectivity index (χ2n) is 5.38. The summed E-state index contributed by atoms with van der Waals surface area (Å²) in [5, 5.41) is 3.44. The third-order valence-corrected chi connectivity index (χ3v) is 5.81. The number of hydrogen-bond donors (Lipinski definition) is 2. The largest absolute Gasteiger partial charge is 0.325 e. The Kier molecular flexibility index (Phi) is 7.71. The van der Waals surface area contributed by atoms with Crippen molar-refractivity contribution in [3.05, 3.63) is 71.8 Å². The number of sulfonamides is 1. The van der Waals surface area contributed by atoms with Gasteiger partial charge in [0.1, 0.15) is 0 Å². The SMILES string of the molecule is C=CCNS(=O)(=O)Cc1ccc(NC(=O)CSc2ccc(Cl)cc2)cc1. The number of halogens is 1. The van der Waals surface area contributed by atoms with Gasteiger partial charge in [0.25, 0.3) is 0 Å². The van der Waals surface area contributed by atoms with Crippen LogP contribution in [0.3, 0.4) is 0 Å². The molecule has 5 nitrogen and oxygen atoms in total. The van der Waals surface area contributed by atoms with Gasteiger partial charge >= 0.3 is 0 Å². The predicted molar refractivity (Wildman–Crippen MR) is 108 cm³/mol. The molecule has 0 unspecified atom stereocenters. The molecule has 0 aliphatic heterocycles. The van der Waals surface area contributed by atoms with E-state index in [4.69, 9.17) is 11.6 Å². The molecule has 0 radical (unpaired) electrons. The van der Waals surface area contributed by atoms with Gasteiger partial charge in [0, 0.05) is 22.2 Å². The highest BCUT2D eigenvalue weighted by atomic mass is 35.5. The minimum Gasteiger partial charge on any atom is -0.325 e. The smallest absolute Gasteiger partial charge is 0.234 e. The van der Waals surface area contributed by atoms with Crippen LogP contribution in [0.25, 0.3) is 0 Å². The zero-order valence-corrected chi connectivity index (χ0v) is 16.3. The topological polar surface area (TPSA) is 75.3 Å². The summed E-state index contributed by atoms with van der Waals surface area (Å²) in [4.78, 5) is 13.0. The van der Waals surface area contributed by atoms with Crippen LogP contribution in [0.5, 0.6) is 0 Å². The zero-order chi connectivity index (χ0) is 19.0. The number of rotatable bonds is 9. The van der Waals surface area contributed by atoms with Crippen LogP contribution in [0.4, 0.5) is 5.69 Å². The van der Waals surface area contributed by atoms with Crippen LogP contribution in [-0.4, -0.2) is 26.6 Å². The number of amides is 1. The number of carbonyl (C=O) groups excluding carboxylic acids is 1. The standard InChI is InChI=1S/C18H19ClN2O3S2/c1-2-11-20-26(23,24)13-14-3-7-16(8-4-14)21-18(22)12-25-17-9-5-15(19)6-10-17/h2-10,20H,1,11-13H2,(H,21,22). The minimum atomic E-state index is -3.40. The fraction of sp³-hybridized carbons (Fsp3) is 0.167. The summed E-state index contributed by atoms with van der Waals surface area (Å²) < 4.78 is 26.1. The lowest BCUT2D eigenvalue weighted by Gasteiger charge is -2.08. The molecule has 0 fully saturated rings. The first-order valence-electron chi connectivity index (χ1n) is 7.73. The second-order valence-corrected chi connectivity index (χ2v) is 8.68. The summed E-state index contributed by atoms with van der Waals surface area (Å²) in [6.45, 7) is 3.67. The van der Waals surface area contributed by atoms with E-state index < -0.39 is 10.0 Å². The molecule has 0 aliphatic rings. The van der Waals surface area contributed by atoms with Crippen molar-refractivity contribution in [2.75, 3.05) is 17.6 Å². The number of hydrogen-bond acceptors (Lipinski definition) is 4. The molecule has 2 rings (SSSR count). The zero-order valence-electron chi connectivity index (χ0n) is 13.9. The average Bonchev–Trinajstić information content (AvgIpc) is 2.61. The van der Waals surface area contributed by atoms with Gasteiger partial charge in [0.2, 0.25) is 15.9 Å². The van der Waals surface area contributed by atoms with E-state index in [0.717, 1.165) is 4.90 Å². The van der Waals surface area contributed by atoms with Gasteiger partial charge in [0.15, 0.2) is 0 Å². The minimum absolute atomic E-state index is 0.124. The first-order valence-corrected chi connectivity index (χ1v) is 10.7. The van der Waals surface area contributed by atoms with E-state index in [-0.39, 0.29) is 24.0 Å². The fourth-order valence-electron chi connectivity index (χ4n) is 2.02. The quantitative estimate of drug-likeness (QED) is 0.488. The van der Waals surface area contributed by atoms with Crippen molar-refractivity contribution in [2.45, 2.75) is 10.6 Å². The van der Waals surface area contributed by atoms with Crippen LogP contribution < -0.4 is 10.0 Å². The number of anilines is 1. The molecule has 0 spiro atoms. The van der Waals surface area contributed by atoms with Crippen molar-refractivity contribution >= 4 is 45.0 Å². The van der Waals surface area contributed by atoms with Gasteiger partial charge < -0.3 is 5.32 Å². The molecule has 0 atom stereocenters. The van der Waals surface area contributed by atoms with Gasteiger partial charge in [0.05, 0.1) is 11.5 Å². The lowest BCUT2D eigenvalue weighted by atomic mass is 10.2. The number of thioether (sulfide) groups is 1. The summed E-state index contributed by atoms with van der Waals surface area (Å²) in [5.74, 6) is 0.00281. The molecule has 0 saturated carbocycles. The molecule has 0 saturated heterocycles. The number of carbonyl (C=O) groups is 1. The van der Waals surface area contributed by atoms with Crippen molar-refractivity contribution in [1.82, 2.24) is 4.72 Å². The Labute approximate surface area is 162 Å². The maximum Gasteiger partial charge on any atom is 0.234 e. The molecule has 0 aliphatic carbocycles. The van der Waals surface area contributed by atoms with Gasteiger partial charge in [-0.3, -0.25) is 4.79 Å². The van der Waals surface area contributed by atoms with E-state index in [1.54, 1.807) is 36.4 Å². The number of nitrogens with one attached hydrogen (secondary N) is 2. The third kappa shape index (κ3) is 7.21. The van der Waals surface area contributed by atoms with Gasteiger partial charge in [-0.2, -0.15) is 0 Å². The van der Waals surface area contributed by atoms with Crippen LogP contribution in [-0.2, 0) is 20.6 Å². The highest BCUT2D eigenvalue weighted by Crippen LogP contribution is 2.20. The van der Waals surface area contributed by atoms with E-state index >= 15 is 0 Å². The molecule has 138 valence electrons. The summed E-state index contributed by atoms with van der Waals surface area (Å²) in [6.07, 6.45) is 1.48. The van der Waals surface area contributed by atoms with Gasteiger partial charge in [-0.1, -0.05) is 29.8 Å². The normalized spacial score (nSPS) is 11.1. The first-order chi connectivity index (χ1) is 12.4. The molecule has 0 bridgehead atoms. The molecular weight excluding hydrogens is 392 g/mol. The van der Waals surface area contributed by atoms with E-state index in [0.29, 0.717) is 16.3 Å². The number of benzene rings is 2. The molecule has 26 heavy (non-hydrogen) atoms. The molecule has 0 heterocycles. The maximum atomic E-state index is 12.0. The monoisotopic (exact) mass is 410 g/mol.